The first-order valence-electron chi connectivity index (χ1n) is 27.2. The molecule has 1 fully saturated rings. The summed E-state index contributed by atoms with van der Waals surface area (Å²) in [4.78, 5) is 87.8. The number of ether oxygens (including phenoxy) is 5. The van der Waals surface area contributed by atoms with Crippen LogP contribution < -0.4 is 32.3 Å². The third-order valence-electron chi connectivity index (χ3n) is 14.5. The number of hydrogen-bond donors (Lipinski definition) is 6. The Morgan fingerprint density at radius 3 is 2.14 bits per heavy atom. The van der Waals surface area contributed by atoms with E-state index in [1.807, 2.05) is 101 Å². The van der Waals surface area contributed by atoms with E-state index in [0.29, 0.717) is 58.7 Å². The van der Waals surface area contributed by atoms with Gasteiger partial charge in [0.2, 0.25) is 35.4 Å². The number of thiazole rings is 1. The normalized spacial score (nSPS) is 19.1. The van der Waals surface area contributed by atoms with Gasteiger partial charge in [-0.05, 0) is 78.3 Å². The van der Waals surface area contributed by atoms with Gasteiger partial charge in [-0.2, -0.15) is 0 Å². The fraction of sp³-hybridized carbons (Fsp3) is 0.534. The molecule has 0 radical (unpaired) electrons. The highest BCUT2D eigenvalue weighted by Gasteiger charge is 2.45. The number of benzene rings is 3. The third kappa shape index (κ3) is 16.9. The molecular weight excluding hydrogens is 1030 g/mol. The molecule has 4 aromatic rings. The zero-order valence-electron chi connectivity index (χ0n) is 46.0. The number of carbonyl (C=O) groups excluding carboxylic acids is 6. The van der Waals surface area contributed by atoms with E-state index in [9.17, 15) is 33.9 Å². The molecule has 7 rings (SSSR count). The molecule has 0 saturated carbocycles. The number of amides is 6. The first-order chi connectivity index (χ1) is 37.9. The molecule has 1 aromatic heterocycles. The van der Waals surface area contributed by atoms with Gasteiger partial charge in [0.15, 0.2) is 0 Å². The van der Waals surface area contributed by atoms with Crippen molar-refractivity contribution >= 4 is 52.5 Å². The van der Waals surface area contributed by atoms with Crippen LogP contribution in [0.3, 0.4) is 0 Å². The summed E-state index contributed by atoms with van der Waals surface area (Å²) in [6.45, 7) is 11.8. The van der Waals surface area contributed by atoms with Crippen molar-refractivity contribution in [3.63, 3.8) is 0 Å². The van der Waals surface area contributed by atoms with Crippen molar-refractivity contribution in [1.82, 2.24) is 25.8 Å². The number of aliphatic hydroxyl groups is 1. The maximum absolute atomic E-state index is 14.0. The lowest BCUT2D eigenvalue weighted by Gasteiger charge is -2.35. The lowest BCUT2D eigenvalue weighted by atomic mass is 9.85. The van der Waals surface area contributed by atoms with Crippen LogP contribution in [0.5, 0.6) is 0 Å². The number of hydrogen-bond acceptors (Lipinski definition) is 15. The molecule has 79 heavy (non-hydrogen) atoms. The Labute approximate surface area is 466 Å². The number of nitrogens with two attached hydrogens (primary N) is 2. The van der Waals surface area contributed by atoms with Crippen LogP contribution in [0.15, 0.2) is 72.2 Å². The summed E-state index contributed by atoms with van der Waals surface area (Å²) in [6, 6.07) is 17.8. The van der Waals surface area contributed by atoms with Gasteiger partial charge in [0.1, 0.15) is 24.7 Å². The van der Waals surface area contributed by atoms with Crippen LogP contribution >= 0.6 is 11.3 Å². The van der Waals surface area contributed by atoms with E-state index in [-0.39, 0.29) is 76.5 Å². The van der Waals surface area contributed by atoms with Gasteiger partial charge in [0.25, 0.3) is 0 Å². The van der Waals surface area contributed by atoms with Crippen molar-refractivity contribution in [1.29, 1.82) is 0 Å². The quantitative estimate of drug-likeness (QED) is 0.0426. The van der Waals surface area contributed by atoms with Gasteiger partial charge >= 0.3 is 0 Å². The van der Waals surface area contributed by atoms with Crippen LogP contribution in [-0.2, 0) is 84.9 Å². The second-order valence-corrected chi connectivity index (χ2v) is 22.4. The smallest absolute Gasteiger partial charge is 0.246 e. The van der Waals surface area contributed by atoms with E-state index in [1.54, 1.807) is 21.7 Å². The van der Waals surface area contributed by atoms with Crippen LogP contribution in [-0.4, -0.2) is 152 Å². The fourth-order valence-electron chi connectivity index (χ4n) is 10.0. The Balaban J connectivity index is 0.727. The van der Waals surface area contributed by atoms with E-state index in [2.05, 4.69) is 20.9 Å². The lowest BCUT2D eigenvalue weighted by molar-refractivity contribution is -0.144. The highest BCUT2D eigenvalue weighted by Crippen LogP contribution is 2.39. The number of β-amino-alcohol motifs (C(OH)–C–C–N with tert-alkyl or cyclic N) is 1. The molecule has 428 valence electrons. The summed E-state index contributed by atoms with van der Waals surface area (Å²) in [5, 5.41) is 19.3. The van der Waals surface area contributed by atoms with Crippen molar-refractivity contribution < 1.29 is 57.6 Å². The van der Waals surface area contributed by atoms with Crippen molar-refractivity contribution in [2.75, 3.05) is 64.3 Å². The molecule has 0 bridgehead atoms. The molecule has 3 aromatic carbocycles. The minimum absolute atomic E-state index is 0.0271. The Morgan fingerprint density at radius 2 is 1.48 bits per heavy atom. The van der Waals surface area contributed by atoms with Gasteiger partial charge in [-0.3, -0.25) is 33.7 Å². The number of aryl methyl sites for hydroxylation is 2. The average molecular weight is 1110 g/mol. The zero-order valence-corrected chi connectivity index (χ0v) is 46.9. The summed E-state index contributed by atoms with van der Waals surface area (Å²) in [5.41, 5.74) is 20.5. The Hall–Kier alpha value is -6.17. The first kappa shape index (κ1) is 60.5. The van der Waals surface area contributed by atoms with Gasteiger partial charge in [-0.25, -0.2) is 4.98 Å². The van der Waals surface area contributed by atoms with Crippen LogP contribution in [0.4, 0.5) is 5.69 Å². The van der Waals surface area contributed by atoms with Gasteiger partial charge in [0.05, 0.1) is 98.9 Å². The molecule has 0 unspecified atom stereocenters. The number of aliphatic hydroxyl groups excluding tert-OH is 1. The van der Waals surface area contributed by atoms with Crippen LogP contribution in [0.25, 0.3) is 10.4 Å². The van der Waals surface area contributed by atoms with Crippen LogP contribution in [0, 0.1) is 12.3 Å². The van der Waals surface area contributed by atoms with Crippen molar-refractivity contribution in [2.45, 2.75) is 135 Å². The van der Waals surface area contributed by atoms with Gasteiger partial charge in [-0.15, -0.1) is 11.3 Å². The molecule has 6 amide bonds. The molecule has 1 saturated heterocycles. The molecule has 4 heterocycles. The Kier molecular flexibility index (Phi) is 22.1. The third-order valence-corrected chi connectivity index (χ3v) is 15.5. The maximum Gasteiger partial charge on any atom is 0.246 e. The number of primary amides is 1. The molecule has 7 atom stereocenters. The summed E-state index contributed by atoms with van der Waals surface area (Å²) in [7, 11) is 0. The predicted octanol–water partition coefficient (Wildman–Crippen LogP) is 3.42. The molecule has 0 aliphatic carbocycles. The van der Waals surface area contributed by atoms with Crippen molar-refractivity contribution in [3.8, 4) is 10.4 Å². The minimum Gasteiger partial charge on any atom is -0.391 e. The fourth-order valence-corrected chi connectivity index (χ4v) is 10.8. The van der Waals surface area contributed by atoms with Crippen molar-refractivity contribution in [2.24, 2.45) is 16.9 Å². The number of rotatable bonds is 29. The maximum atomic E-state index is 14.0. The zero-order chi connectivity index (χ0) is 56.6. The number of likely N-dealkylation sites (tertiary alicyclic amines) is 1. The number of para-hydroxylation sites is 1. The molecular formula is C58H78N8O12S. The second-order valence-electron chi connectivity index (χ2n) is 21.5. The van der Waals surface area contributed by atoms with Gasteiger partial charge in [0, 0.05) is 32.4 Å². The summed E-state index contributed by atoms with van der Waals surface area (Å²) >= 11 is 1.57. The SMILES string of the molecule is Cc1ncsc1-c1ccc(CNC(=O)[C@@H]2C[C@@H](O)CN2C(=O)[C@@H](NC(=O)COCCOCCOCCOCCc2ccc(CO[C@H](C)[C@H](CCC(N)=O)NC(=O)[C@@H]3Cc4cccc5c4N3C(=O)[C@@H](N)CC5)cc2)C(C)(C)C)cc1. The van der Waals surface area contributed by atoms with Gasteiger partial charge in [-0.1, -0.05) is 87.5 Å². The summed E-state index contributed by atoms with van der Waals surface area (Å²) < 4.78 is 28.8. The van der Waals surface area contributed by atoms with Gasteiger partial charge < -0.3 is 61.1 Å². The largest absolute Gasteiger partial charge is 0.391 e. The molecule has 3 aliphatic heterocycles. The molecule has 20 nitrogen and oxygen atoms in total. The Morgan fingerprint density at radius 1 is 0.835 bits per heavy atom. The van der Waals surface area contributed by atoms with E-state index in [1.165, 1.54) is 4.90 Å². The summed E-state index contributed by atoms with van der Waals surface area (Å²) in [6.07, 6.45) is 1.30. The topological polar surface area (TPSA) is 276 Å². The van der Waals surface area contributed by atoms with E-state index >= 15 is 0 Å². The Bertz CT molecular complexity index is 2700. The second kappa shape index (κ2) is 28.8. The number of anilines is 1. The monoisotopic (exact) mass is 1110 g/mol. The summed E-state index contributed by atoms with van der Waals surface area (Å²) in [5.74, 6) is -2.41. The van der Waals surface area contributed by atoms with Crippen LogP contribution in [0.2, 0.25) is 0 Å². The minimum atomic E-state index is -0.978. The molecule has 8 N–H and O–H groups in total. The number of carbonyl (C=O) groups is 6. The first-order valence-corrected chi connectivity index (χ1v) is 28.1. The highest BCUT2D eigenvalue weighted by atomic mass is 32.1. The van der Waals surface area contributed by atoms with Crippen LogP contribution in [0.1, 0.15) is 86.9 Å². The molecule has 3 aliphatic rings. The number of nitrogens with one attached hydrogen (secondary N) is 3. The number of aromatic nitrogens is 1. The molecule has 0 spiro atoms. The lowest BCUT2D eigenvalue weighted by Crippen LogP contribution is -2.58. The standard InChI is InChI=1S/C58H78N8O12S/c1-36-52(79-35-62-36)42-15-13-39(14-16-42)31-61-54(70)47-30-44(67)32-65(47)57(73)53(58(3,4)5)64-50(69)34-77-28-27-76-26-25-75-24-23-74-22-21-38-9-11-40(12-10-38)33-78-37(2)46(19-20-49(60)68)63-55(71)48-29-43-8-6-7-41-17-18-45(59)56(72)66(48)51(41)43/h6-16,35,37,44-48,53,67H,17-34,59H2,1-5H3,(H2,60,68)(H,61,70)(H,63,71)(H,64,69)/t37-,44-,45+,46+,47+,48+,53-/m1/s1. The average Bonchev–Trinajstić information content (AvgIpc) is 4.34. The number of nitrogens with zero attached hydrogens (tertiary/aromatic N) is 3. The van der Waals surface area contributed by atoms with Crippen molar-refractivity contribution in [3.05, 3.63) is 106 Å². The van der Waals surface area contributed by atoms with E-state index < -0.39 is 65.6 Å². The van der Waals surface area contributed by atoms with E-state index in [4.69, 9.17) is 35.2 Å². The highest BCUT2D eigenvalue weighted by molar-refractivity contribution is 7.13. The predicted molar refractivity (Wildman–Crippen MR) is 297 cm³/mol. The molecule has 21 heteroatoms. The van der Waals surface area contributed by atoms with E-state index in [0.717, 1.165) is 49.6 Å².